The van der Waals surface area contributed by atoms with E-state index in [1.807, 2.05) is 6.92 Å². The molecule has 3 unspecified atom stereocenters. The number of nitrogens with one attached hydrogen (secondary N) is 2. The van der Waals surface area contributed by atoms with Gasteiger partial charge in [-0.25, -0.2) is 0 Å². The van der Waals surface area contributed by atoms with Gasteiger partial charge >= 0.3 is 11.9 Å². The summed E-state index contributed by atoms with van der Waals surface area (Å²) in [5, 5.41) is 44.7. The molecule has 8 nitrogen and oxygen atoms in total. The maximum Gasteiger partial charge on any atom is 0.325 e. The van der Waals surface area contributed by atoms with E-state index in [-0.39, 0.29) is 29.2 Å². The van der Waals surface area contributed by atoms with E-state index >= 15 is 0 Å². The van der Waals surface area contributed by atoms with Crippen LogP contribution in [0.3, 0.4) is 0 Å². The van der Waals surface area contributed by atoms with Crippen molar-refractivity contribution in [1.82, 2.24) is 10.6 Å². The normalized spacial score (nSPS) is 14.2. The van der Waals surface area contributed by atoms with Gasteiger partial charge in [0.05, 0.1) is 0 Å². The first-order valence-electron chi connectivity index (χ1n) is 8.86. The molecule has 0 heterocycles. The monoisotopic (exact) mass is 388 g/mol. The number of benzene rings is 2. The van der Waals surface area contributed by atoms with Gasteiger partial charge in [0.15, 0.2) is 0 Å². The third-order valence-corrected chi connectivity index (χ3v) is 4.45. The Balaban J connectivity index is 2.14. The summed E-state index contributed by atoms with van der Waals surface area (Å²) in [4.78, 5) is 23.3. The minimum absolute atomic E-state index is 0.136. The zero-order valence-corrected chi connectivity index (χ0v) is 15.4. The summed E-state index contributed by atoms with van der Waals surface area (Å²) >= 11 is 0. The fourth-order valence-electron chi connectivity index (χ4n) is 2.90. The highest BCUT2D eigenvalue weighted by Gasteiger charge is 2.27. The average molecular weight is 388 g/mol. The molecule has 0 fully saturated rings. The van der Waals surface area contributed by atoms with Gasteiger partial charge in [-0.2, -0.15) is 0 Å². The number of phenols is 2. The highest BCUT2D eigenvalue weighted by molar-refractivity contribution is 5.77. The number of carboxylic acids is 2. The van der Waals surface area contributed by atoms with Crippen molar-refractivity contribution in [2.75, 3.05) is 6.54 Å². The largest absolute Gasteiger partial charge is 0.508 e. The maximum absolute atomic E-state index is 11.7. The van der Waals surface area contributed by atoms with Crippen LogP contribution < -0.4 is 10.6 Å². The van der Waals surface area contributed by atoms with Gasteiger partial charge in [-0.3, -0.25) is 20.2 Å². The number of hydrogen-bond acceptors (Lipinski definition) is 6. The lowest BCUT2D eigenvalue weighted by Gasteiger charge is -2.25. The van der Waals surface area contributed by atoms with E-state index in [1.165, 1.54) is 24.3 Å². The van der Waals surface area contributed by atoms with E-state index in [4.69, 9.17) is 0 Å². The third kappa shape index (κ3) is 5.21. The Labute approximate surface area is 162 Å². The highest BCUT2D eigenvalue weighted by atomic mass is 16.4. The van der Waals surface area contributed by atoms with Crippen LogP contribution in [-0.2, 0) is 9.59 Å². The zero-order chi connectivity index (χ0) is 20.7. The maximum atomic E-state index is 11.7. The second-order valence-corrected chi connectivity index (χ2v) is 6.34. The Morgan fingerprint density at radius 3 is 1.75 bits per heavy atom. The SMILES string of the molecule is CCC(CNC(C(=O)O)c1ccccc1O)NC(C(=O)O)c1ccccc1O. The minimum atomic E-state index is -1.16. The molecule has 2 rings (SSSR count). The van der Waals surface area contributed by atoms with Gasteiger partial charge in [-0.15, -0.1) is 0 Å². The molecule has 0 saturated heterocycles. The summed E-state index contributed by atoms with van der Waals surface area (Å²) in [6.45, 7) is 1.97. The standard InChI is InChI=1S/C20H24N2O6/c1-2-12(22-18(20(27)28)14-8-4-6-10-16(14)24)11-21-17(19(25)26)13-7-3-5-9-15(13)23/h3-10,12,17-18,21-24H,2,11H2,1H3,(H,25,26)(H,27,28). The van der Waals surface area contributed by atoms with Gasteiger partial charge in [0, 0.05) is 23.7 Å². The fraction of sp³-hybridized carbons (Fsp3) is 0.300. The molecule has 0 bridgehead atoms. The highest BCUT2D eigenvalue weighted by Crippen LogP contribution is 2.26. The molecule has 2 aromatic rings. The summed E-state index contributed by atoms with van der Waals surface area (Å²) in [7, 11) is 0. The Kier molecular flexibility index (Phi) is 7.36. The van der Waals surface area contributed by atoms with Crippen LogP contribution >= 0.6 is 0 Å². The molecule has 0 radical (unpaired) electrons. The second kappa shape index (κ2) is 9.72. The number of hydrogen-bond donors (Lipinski definition) is 6. The van der Waals surface area contributed by atoms with Gasteiger partial charge in [0.1, 0.15) is 23.6 Å². The van der Waals surface area contributed by atoms with Gasteiger partial charge in [0.25, 0.3) is 0 Å². The molecule has 0 spiro atoms. The van der Waals surface area contributed by atoms with Crippen molar-refractivity contribution < 1.29 is 30.0 Å². The van der Waals surface area contributed by atoms with Crippen LogP contribution in [0.4, 0.5) is 0 Å². The van der Waals surface area contributed by atoms with Crippen molar-refractivity contribution in [2.45, 2.75) is 31.5 Å². The first kappa shape index (κ1) is 21.2. The Morgan fingerprint density at radius 1 is 0.857 bits per heavy atom. The minimum Gasteiger partial charge on any atom is -0.508 e. The van der Waals surface area contributed by atoms with Crippen molar-refractivity contribution in [3.63, 3.8) is 0 Å². The van der Waals surface area contributed by atoms with Crippen molar-refractivity contribution in [1.29, 1.82) is 0 Å². The van der Waals surface area contributed by atoms with Crippen LogP contribution in [0, 0.1) is 0 Å². The molecule has 28 heavy (non-hydrogen) atoms. The number of carbonyl (C=O) groups is 2. The lowest BCUT2D eigenvalue weighted by Crippen LogP contribution is -2.44. The van der Waals surface area contributed by atoms with E-state index in [9.17, 15) is 30.0 Å². The Morgan fingerprint density at radius 2 is 1.32 bits per heavy atom. The van der Waals surface area contributed by atoms with Crippen LogP contribution in [0.5, 0.6) is 11.5 Å². The predicted molar refractivity (Wildman–Crippen MR) is 102 cm³/mol. The predicted octanol–water partition coefficient (Wildman–Crippen LogP) is 2.01. The molecule has 6 N–H and O–H groups in total. The molecule has 0 aliphatic rings. The first-order chi connectivity index (χ1) is 13.3. The van der Waals surface area contributed by atoms with Gasteiger partial charge in [0.2, 0.25) is 0 Å². The fourth-order valence-corrected chi connectivity index (χ4v) is 2.90. The molecule has 0 aliphatic carbocycles. The quantitative estimate of drug-likeness (QED) is 0.363. The summed E-state index contributed by atoms with van der Waals surface area (Å²) in [5.74, 6) is -2.59. The van der Waals surface area contributed by atoms with Crippen LogP contribution in [0.1, 0.15) is 36.6 Å². The molecule has 3 atom stereocenters. The van der Waals surface area contributed by atoms with Crippen LogP contribution in [0.25, 0.3) is 0 Å². The van der Waals surface area contributed by atoms with Crippen molar-refractivity contribution >= 4 is 11.9 Å². The number of para-hydroxylation sites is 2. The lowest BCUT2D eigenvalue weighted by atomic mass is 10.0. The first-order valence-corrected chi connectivity index (χ1v) is 8.86. The van der Waals surface area contributed by atoms with E-state index in [2.05, 4.69) is 10.6 Å². The molecular formula is C20H24N2O6. The number of phenolic OH excluding ortho intramolecular Hbond substituents is 2. The molecule has 0 aromatic heterocycles. The number of aromatic hydroxyl groups is 2. The summed E-state index contributed by atoms with van der Waals surface area (Å²) < 4.78 is 0. The molecular weight excluding hydrogens is 364 g/mol. The van der Waals surface area contributed by atoms with Gasteiger partial charge in [-0.1, -0.05) is 43.3 Å². The molecule has 0 aliphatic heterocycles. The van der Waals surface area contributed by atoms with Crippen LogP contribution in [-0.4, -0.2) is 45.0 Å². The summed E-state index contributed by atoms with van der Waals surface area (Å²) in [5.41, 5.74) is 0.448. The number of aliphatic carboxylic acids is 2. The van der Waals surface area contributed by atoms with E-state index in [0.29, 0.717) is 6.42 Å². The number of carboxylic acid groups (broad SMARTS) is 2. The van der Waals surface area contributed by atoms with Gasteiger partial charge < -0.3 is 20.4 Å². The van der Waals surface area contributed by atoms with Crippen molar-refractivity contribution in [3.8, 4) is 11.5 Å². The third-order valence-electron chi connectivity index (χ3n) is 4.45. The van der Waals surface area contributed by atoms with Crippen molar-refractivity contribution in [3.05, 3.63) is 59.7 Å². The topological polar surface area (TPSA) is 139 Å². The van der Waals surface area contributed by atoms with E-state index in [0.717, 1.165) is 0 Å². The zero-order valence-electron chi connectivity index (χ0n) is 15.4. The summed E-state index contributed by atoms with van der Waals surface area (Å²) in [6.07, 6.45) is 0.511. The number of rotatable bonds is 10. The van der Waals surface area contributed by atoms with Gasteiger partial charge in [-0.05, 0) is 18.6 Å². The Bertz CT molecular complexity index is 826. The van der Waals surface area contributed by atoms with Crippen LogP contribution in [0.2, 0.25) is 0 Å². The second-order valence-electron chi connectivity index (χ2n) is 6.34. The van der Waals surface area contributed by atoms with Crippen LogP contribution in [0.15, 0.2) is 48.5 Å². The van der Waals surface area contributed by atoms with E-state index in [1.54, 1.807) is 24.3 Å². The smallest absolute Gasteiger partial charge is 0.325 e. The molecule has 2 aromatic carbocycles. The molecule has 150 valence electrons. The molecule has 8 heteroatoms. The molecule has 0 amide bonds. The van der Waals surface area contributed by atoms with E-state index < -0.39 is 30.1 Å². The lowest BCUT2D eigenvalue weighted by molar-refractivity contribution is -0.141. The summed E-state index contributed by atoms with van der Waals surface area (Å²) in [6, 6.07) is 9.59. The average Bonchev–Trinajstić information content (AvgIpc) is 2.66. The Hall–Kier alpha value is -3.10. The van der Waals surface area contributed by atoms with Crippen molar-refractivity contribution in [2.24, 2.45) is 0 Å². The molecule has 0 saturated carbocycles.